The van der Waals surface area contributed by atoms with Gasteiger partial charge in [0.25, 0.3) is 0 Å². The normalized spacial score (nSPS) is 14.6. The van der Waals surface area contributed by atoms with Gasteiger partial charge in [0.05, 0.1) is 39.9 Å². The quantitative estimate of drug-likeness (QED) is 0.0243. The number of phosphoric acid groups is 1. The van der Waals surface area contributed by atoms with Crippen molar-refractivity contribution < 1.29 is 32.9 Å². The van der Waals surface area contributed by atoms with E-state index in [1.807, 2.05) is 27.2 Å². The van der Waals surface area contributed by atoms with Gasteiger partial charge in [0.15, 0.2) is 0 Å². The minimum Gasteiger partial charge on any atom is -0.387 e. The monoisotopic (exact) mass is 932 g/mol. The van der Waals surface area contributed by atoms with E-state index in [4.69, 9.17) is 9.05 Å². The van der Waals surface area contributed by atoms with Crippen LogP contribution in [0.15, 0.2) is 72.9 Å². The number of unbranched alkanes of at least 4 members (excludes halogenated alkanes) is 25. The fourth-order valence-corrected chi connectivity index (χ4v) is 8.20. The second kappa shape index (κ2) is 47.0. The Kier molecular flexibility index (Phi) is 45.5. The molecule has 0 aromatic carbocycles. The summed E-state index contributed by atoms with van der Waals surface area (Å²) in [4.78, 5) is 23.2. The number of nitrogens with one attached hydrogen (secondary N) is 1. The number of allylic oxidation sites excluding steroid dienone is 11. The molecule has 1 amide bonds. The predicted molar refractivity (Wildman–Crippen MR) is 281 cm³/mol. The molecule has 378 valence electrons. The topological polar surface area (TPSA) is 105 Å². The molecule has 0 heterocycles. The lowest BCUT2D eigenvalue weighted by Crippen LogP contribution is -2.45. The Hall–Kier alpha value is -2.06. The van der Waals surface area contributed by atoms with Crippen LogP contribution in [-0.2, 0) is 18.4 Å². The zero-order chi connectivity index (χ0) is 47.8. The fraction of sp³-hybridized carbons (Fsp3) is 0.768. The van der Waals surface area contributed by atoms with E-state index in [9.17, 15) is 19.4 Å². The van der Waals surface area contributed by atoms with Crippen LogP contribution in [0.4, 0.5) is 0 Å². The van der Waals surface area contributed by atoms with Crippen molar-refractivity contribution in [2.75, 3.05) is 40.9 Å². The van der Waals surface area contributed by atoms with Crippen LogP contribution < -0.4 is 5.32 Å². The van der Waals surface area contributed by atoms with E-state index in [1.54, 1.807) is 6.08 Å². The third kappa shape index (κ3) is 49.7. The summed E-state index contributed by atoms with van der Waals surface area (Å²) in [6.45, 7) is 4.68. The molecule has 0 aromatic heterocycles. The molecule has 0 aromatic rings. The second-order valence-corrected chi connectivity index (χ2v) is 20.7. The minimum absolute atomic E-state index is 0.0498. The maximum Gasteiger partial charge on any atom is 0.472 e. The summed E-state index contributed by atoms with van der Waals surface area (Å²) in [6, 6.07) is -0.875. The molecular weight excluding hydrogens is 828 g/mol. The number of likely N-dealkylation sites (N-methyl/N-ethyl adjacent to an activating group) is 1. The first-order valence-electron chi connectivity index (χ1n) is 26.8. The average molecular weight is 932 g/mol. The largest absolute Gasteiger partial charge is 0.472 e. The first kappa shape index (κ1) is 62.9. The van der Waals surface area contributed by atoms with Crippen LogP contribution in [0.5, 0.6) is 0 Å². The lowest BCUT2D eigenvalue weighted by molar-refractivity contribution is -0.870. The van der Waals surface area contributed by atoms with E-state index in [0.717, 1.165) is 77.0 Å². The lowest BCUT2D eigenvalue weighted by atomic mass is 10.0. The van der Waals surface area contributed by atoms with E-state index < -0.39 is 20.0 Å². The van der Waals surface area contributed by atoms with Crippen LogP contribution in [0.25, 0.3) is 0 Å². The molecular formula is C56H104N2O6P+. The van der Waals surface area contributed by atoms with Crippen molar-refractivity contribution >= 4 is 13.7 Å². The number of aliphatic hydroxyl groups excluding tert-OH is 1. The number of hydrogen-bond donors (Lipinski definition) is 3. The molecule has 65 heavy (non-hydrogen) atoms. The van der Waals surface area contributed by atoms with Crippen LogP contribution in [0.3, 0.4) is 0 Å². The molecule has 3 unspecified atom stereocenters. The number of rotatable bonds is 48. The fourth-order valence-electron chi connectivity index (χ4n) is 7.46. The summed E-state index contributed by atoms with van der Waals surface area (Å²) in [7, 11) is 1.54. The van der Waals surface area contributed by atoms with Gasteiger partial charge in [-0.15, -0.1) is 0 Å². The number of aliphatic hydroxyl groups is 1. The van der Waals surface area contributed by atoms with Gasteiger partial charge in [-0.05, 0) is 70.6 Å². The molecule has 9 heteroatoms. The molecule has 0 aliphatic rings. The van der Waals surface area contributed by atoms with Gasteiger partial charge in [-0.25, -0.2) is 4.57 Å². The average Bonchev–Trinajstić information content (AvgIpc) is 3.26. The molecule has 3 N–H and O–H groups in total. The summed E-state index contributed by atoms with van der Waals surface area (Å²) in [5, 5.41) is 13.9. The Morgan fingerprint density at radius 2 is 0.938 bits per heavy atom. The Balaban J connectivity index is 4.35. The van der Waals surface area contributed by atoms with Gasteiger partial charge in [-0.3, -0.25) is 13.8 Å². The van der Waals surface area contributed by atoms with Crippen molar-refractivity contribution in [3.05, 3.63) is 72.9 Å². The summed E-state index contributed by atoms with van der Waals surface area (Å²) in [6.07, 6.45) is 64.2. The molecule has 3 atom stereocenters. The van der Waals surface area contributed by atoms with Crippen LogP contribution in [0.2, 0.25) is 0 Å². The maximum absolute atomic E-state index is 12.9. The Labute approximate surface area is 402 Å². The zero-order valence-corrected chi connectivity index (χ0v) is 43.9. The van der Waals surface area contributed by atoms with Crippen molar-refractivity contribution in [1.82, 2.24) is 5.32 Å². The molecule has 0 fully saturated rings. The summed E-state index contributed by atoms with van der Waals surface area (Å²) >= 11 is 0. The van der Waals surface area contributed by atoms with Crippen LogP contribution in [0.1, 0.15) is 226 Å². The first-order valence-corrected chi connectivity index (χ1v) is 28.3. The van der Waals surface area contributed by atoms with Crippen molar-refractivity contribution in [1.29, 1.82) is 0 Å². The van der Waals surface area contributed by atoms with Crippen molar-refractivity contribution in [2.24, 2.45) is 0 Å². The van der Waals surface area contributed by atoms with Gasteiger partial charge >= 0.3 is 7.82 Å². The molecule has 0 saturated heterocycles. The summed E-state index contributed by atoms with van der Waals surface area (Å²) < 4.78 is 23.6. The number of hydrogen-bond acceptors (Lipinski definition) is 5. The predicted octanol–water partition coefficient (Wildman–Crippen LogP) is 15.9. The van der Waals surface area contributed by atoms with E-state index >= 15 is 0 Å². The van der Waals surface area contributed by atoms with Gasteiger partial charge in [0.2, 0.25) is 5.91 Å². The van der Waals surface area contributed by atoms with E-state index in [2.05, 4.69) is 79.9 Å². The minimum atomic E-state index is -4.36. The standard InChI is InChI=1S/C56H103N2O6P/c1-6-8-10-12-14-16-18-20-22-24-26-27-28-29-30-32-33-35-37-39-41-43-45-47-49-55(59)54(53-64-65(61,62)63-52-51-58(3,4)5)57-56(60)50-48-46-44-42-40-38-36-34-31-25-23-21-19-17-15-13-11-9-7-2/h9,11,15,17,21,23,31,34,39,41,47,49,54-55,59H,6-8,10,12-14,16,18-20,22,24-30,32-33,35-38,40,42-46,48,50-53H2,1-5H3,(H-,57,60,61,62)/p+1/b11-9-,17-15-,23-21-,34-31-,41-39+,49-47+. The molecule has 0 aliphatic carbocycles. The molecule has 0 saturated carbocycles. The second-order valence-electron chi connectivity index (χ2n) is 19.2. The van der Waals surface area contributed by atoms with Crippen LogP contribution in [-0.4, -0.2) is 73.4 Å². The smallest absolute Gasteiger partial charge is 0.387 e. The molecule has 8 nitrogen and oxygen atoms in total. The highest BCUT2D eigenvalue weighted by atomic mass is 31.2. The van der Waals surface area contributed by atoms with Gasteiger partial charge in [-0.2, -0.15) is 0 Å². The first-order chi connectivity index (χ1) is 31.5. The van der Waals surface area contributed by atoms with Gasteiger partial charge in [0.1, 0.15) is 13.2 Å². The molecule has 0 radical (unpaired) electrons. The van der Waals surface area contributed by atoms with Gasteiger partial charge in [-0.1, -0.05) is 222 Å². The van der Waals surface area contributed by atoms with E-state index in [-0.39, 0.29) is 19.1 Å². The highest BCUT2D eigenvalue weighted by molar-refractivity contribution is 7.47. The Morgan fingerprint density at radius 1 is 0.538 bits per heavy atom. The van der Waals surface area contributed by atoms with Crippen molar-refractivity contribution in [3.63, 3.8) is 0 Å². The Bertz CT molecular complexity index is 1290. The molecule has 0 rings (SSSR count). The Morgan fingerprint density at radius 3 is 1.42 bits per heavy atom. The zero-order valence-electron chi connectivity index (χ0n) is 43.0. The molecule has 0 spiro atoms. The van der Waals surface area contributed by atoms with Crippen molar-refractivity contribution in [3.8, 4) is 0 Å². The van der Waals surface area contributed by atoms with Crippen LogP contribution >= 0.6 is 7.82 Å². The number of amides is 1. The number of nitrogens with zero attached hydrogens (tertiary/aromatic N) is 1. The highest BCUT2D eigenvalue weighted by Gasteiger charge is 2.27. The number of carbonyl (C=O) groups is 1. The van der Waals surface area contributed by atoms with Crippen molar-refractivity contribution in [2.45, 2.75) is 238 Å². The van der Waals surface area contributed by atoms with E-state index in [1.165, 1.54) is 128 Å². The highest BCUT2D eigenvalue weighted by Crippen LogP contribution is 2.43. The summed E-state index contributed by atoms with van der Waals surface area (Å²) in [5.74, 6) is -0.202. The molecule has 0 aliphatic heterocycles. The third-order valence-electron chi connectivity index (χ3n) is 11.7. The number of phosphoric ester groups is 1. The number of carbonyl (C=O) groups excluding carboxylic acids is 1. The maximum atomic E-state index is 12.9. The van der Waals surface area contributed by atoms with Crippen LogP contribution in [0, 0.1) is 0 Å². The summed E-state index contributed by atoms with van der Waals surface area (Å²) in [5.41, 5.74) is 0. The van der Waals surface area contributed by atoms with E-state index in [0.29, 0.717) is 17.4 Å². The number of quaternary nitrogens is 1. The third-order valence-corrected chi connectivity index (χ3v) is 12.6. The van der Waals surface area contributed by atoms with Gasteiger partial charge in [0, 0.05) is 6.42 Å². The SMILES string of the molecule is CC/C=C\C/C=C\C/C=C\C/C=C\CCCCCCCCC(=O)NC(COP(=O)(O)OCC[N+](C)(C)C)C(O)/C=C/CC/C=C/CCCCCCCCCCCCCCCCCCCC. The lowest BCUT2D eigenvalue weighted by Gasteiger charge is -2.25. The van der Waals surface area contributed by atoms with Gasteiger partial charge < -0.3 is 19.8 Å². The molecule has 0 bridgehead atoms.